The third-order valence-electron chi connectivity index (χ3n) is 4.75. The number of likely N-dealkylation sites (N-methyl/N-ethyl adjacent to an activating group) is 1. The summed E-state index contributed by atoms with van der Waals surface area (Å²) in [7, 11) is 0. The molecule has 1 atom stereocenters. The van der Waals surface area contributed by atoms with Crippen molar-refractivity contribution in [3.63, 3.8) is 0 Å². The van der Waals surface area contributed by atoms with Crippen LogP contribution in [-0.2, 0) is 4.79 Å². The predicted molar refractivity (Wildman–Crippen MR) is 113 cm³/mol. The van der Waals surface area contributed by atoms with Crippen molar-refractivity contribution in [2.75, 3.05) is 13.2 Å². The first kappa shape index (κ1) is 21.0. The molecule has 0 fully saturated rings. The van der Waals surface area contributed by atoms with Gasteiger partial charge in [0.2, 0.25) is 5.91 Å². The molecule has 3 aromatic rings. The van der Waals surface area contributed by atoms with E-state index in [9.17, 15) is 14.0 Å². The third-order valence-corrected chi connectivity index (χ3v) is 4.75. The molecule has 6 heteroatoms. The summed E-state index contributed by atoms with van der Waals surface area (Å²) in [5.41, 5.74) is 7.31. The fraction of sp³-hybridized carbons (Fsp3) is 0.167. The van der Waals surface area contributed by atoms with Crippen LogP contribution in [0.5, 0.6) is 5.75 Å². The molecular weight excluding hydrogens is 383 g/mol. The van der Waals surface area contributed by atoms with Crippen molar-refractivity contribution in [3.8, 4) is 5.75 Å². The van der Waals surface area contributed by atoms with E-state index in [2.05, 4.69) is 0 Å². The van der Waals surface area contributed by atoms with Gasteiger partial charge in [0.25, 0.3) is 5.91 Å². The number of primary amides is 1. The Labute approximate surface area is 174 Å². The highest BCUT2D eigenvalue weighted by Gasteiger charge is 2.26. The van der Waals surface area contributed by atoms with E-state index in [1.54, 1.807) is 35.2 Å². The average molecular weight is 406 g/mol. The van der Waals surface area contributed by atoms with Gasteiger partial charge >= 0.3 is 0 Å². The zero-order chi connectivity index (χ0) is 21.5. The molecule has 0 aromatic heterocycles. The number of nitrogens with zero attached hydrogens (tertiary/aromatic N) is 1. The highest BCUT2D eigenvalue weighted by atomic mass is 19.1. The highest BCUT2D eigenvalue weighted by molar-refractivity contribution is 5.93. The van der Waals surface area contributed by atoms with Gasteiger partial charge in [-0.15, -0.1) is 0 Å². The van der Waals surface area contributed by atoms with Crippen LogP contribution in [0, 0.1) is 5.82 Å². The Morgan fingerprint density at radius 2 is 1.63 bits per heavy atom. The normalized spacial score (nSPS) is 11.5. The van der Waals surface area contributed by atoms with Crippen LogP contribution in [0.3, 0.4) is 0 Å². The molecule has 0 saturated heterocycles. The van der Waals surface area contributed by atoms with E-state index in [0.29, 0.717) is 17.9 Å². The van der Waals surface area contributed by atoms with Crippen LogP contribution in [0.1, 0.15) is 34.5 Å². The SMILES string of the molecule is CCN(C(=O)COc1cccc(C(N)=O)c1)C(c1ccccc1)c1ccc(F)cc1. The van der Waals surface area contributed by atoms with Gasteiger partial charge in [-0.05, 0) is 48.4 Å². The summed E-state index contributed by atoms with van der Waals surface area (Å²) in [6, 6.07) is 21.7. The van der Waals surface area contributed by atoms with Crippen LogP contribution in [0.25, 0.3) is 0 Å². The fourth-order valence-corrected chi connectivity index (χ4v) is 3.30. The number of nitrogens with two attached hydrogens (primary N) is 1. The van der Waals surface area contributed by atoms with E-state index in [0.717, 1.165) is 11.1 Å². The van der Waals surface area contributed by atoms with Crippen molar-refractivity contribution in [1.29, 1.82) is 0 Å². The van der Waals surface area contributed by atoms with Gasteiger partial charge in [-0.2, -0.15) is 0 Å². The molecule has 2 amide bonds. The van der Waals surface area contributed by atoms with Crippen LogP contribution in [-0.4, -0.2) is 29.9 Å². The van der Waals surface area contributed by atoms with Crippen LogP contribution in [0.15, 0.2) is 78.9 Å². The van der Waals surface area contributed by atoms with Crippen molar-refractivity contribution in [3.05, 3.63) is 101 Å². The average Bonchev–Trinajstić information content (AvgIpc) is 2.77. The maximum atomic E-state index is 13.5. The second-order valence-corrected chi connectivity index (χ2v) is 6.73. The smallest absolute Gasteiger partial charge is 0.261 e. The molecule has 1 unspecified atom stereocenters. The minimum Gasteiger partial charge on any atom is -0.484 e. The summed E-state index contributed by atoms with van der Waals surface area (Å²) in [6.45, 7) is 2.10. The summed E-state index contributed by atoms with van der Waals surface area (Å²) in [5.74, 6) is -0.756. The number of rotatable bonds is 8. The molecule has 3 aromatic carbocycles. The molecule has 0 radical (unpaired) electrons. The molecule has 154 valence electrons. The minimum atomic E-state index is -0.567. The number of hydrogen-bond donors (Lipinski definition) is 1. The van der Waals surface area contributed by atoms with E-state index in [1.165, 1.54) is 18.2 Å². The molecule has 0 saturated carbocycles. The topological polar surface area (TPSA) is 72.6 Å². The lowest BCUT2D eigenvalue weighted by molar-refractivity contribution is -0.134. The third kappa shape index (κ3) is 5.03. The number of carbonyl (C=O) groups is 2. The molecule has 0 aliphatic heterocycles. The Kier molecular flexibility index (Phi) is 6.80. The summed E-state index contributed by atoms with van der Waals surface area (Å²) in [6.07, 6.45) is 0. The number of hydrogen-bond acceptors (Lipinski definition) is 3. The summed E-state index contributed by atoms with van der Waals surface area (Å²) in [4.78, 5) is 26.1. The lowest BCUT2D eigenvalue weighted by Crippen LogP contribution is -2.38. The predicted octanol–water partition coefficient (Wildman–Crippen LogP) is 3.94. The Bertz CT molecular complexity index is 1010. The van der Waals surface area contributed by atoms with Gasteiger partial charge in [0.1, 0.15) is 11.6 Å². The first-order valence-corrected chi connectivity index (χ1v) is 9.62. The van der Waals surface area contributed by atoms with Crippen LogP contribution >= 0.6 is 0 Å². The number of carbonyl (C=O) groups excluding carboxylic acids is 2. The monoisotopic (exact) mass is 406 g/mol. The largest absolute Gasteiger partial charge is 0.484 e. The molecule has 30 heavy (non-hydrogen) atoms. The summed E-state index contributed by atoms with van der Waals surface area (Å²) in [5, 5.41) is 0. The Morgan fingerprint density at radius 3 is 2.27 bits per heavy atom. The Balaban J connectivity index is 1.84. The second-order valence-electron chi connectivity index (χ2n) is 6.73. The maximum absolute atomic E-state index is 13.5. The standard InChI is InChI=1S/C24H23FN2O3/c1-2-27(22(28)16-30-21-10-6-9-19(15-21)24(26)29)23(17-7-4-3-5-8-17)18-11-13-20(25)14-12-18/h3-15,23H,2,16H2,1H3,(H2,26,29). The molecule has 0 spiro atoms. The molecular formula is C24H23FN2O3. The minimum absolute atomic E-state index is 0.208. The second kappa shape index (κ2) is 9.69. The molecule has 0 aliphatic rings. The van der Waals surface area contributed by atoms with Crippen LogP contribution in [0.4, 0.5) is 4.39 Å². The lowest BCUT2D eigenvalue weighted by Gasteiger charge is -2.32. The highest BCUT2D eigenvalue weighted by Crippen LogP contribution is 2.29. The van der Waals surface area contributed by atoms with E-state index in [4.69, 9.17) is 10.5 Å². The quantitative estimate of drug-likeness (QED) is 0.616. The van der Waals surface area contributed by atoms with Crippen LogP contribution < -0.4 is 10.5 Å². The summed E-state index contributed by atoms with van der Waals surface area (Å²) < 4.78 is 19.1. The summed E-state index contributed by atoms with van der Waals surface area (Å²) >= 11 is 0. The first-order valence-electron chi connectivity index (χ1n) is 9.62. The van der Waals surface area contributed by atoms with Gasteiger partial charge in [0.05, 0.1) is 6.04 Å². The molecule has 5 nitrogen and oxygen atoms in total. The van der Waals surface area contributed by atoms with Crippen molar-refractivity contribution in [2.24, 2.45) is 5.73 Å². The van der Waals surface area contributed by atoms with Gasteiger partial charge in [0, 0.05) is 12.1 Å². The number of ether oxygens (including phenoxy) is 1. The fourth-order valence-electron chi connectivity index (χ4n) is 3.30. The van der Waals surface area contributed by atoms with Gasteiger partial charge in [0.15, 0.2) is 6.61 Å². The van der Waals surface area contributed by atoms with Crippen molar-refractivity contribution in [1.82, 2.24) is 4.90 Å². The number of halogens is 1. The van der Waals surface area contributed by atoms with Crippen molar-refractivity contribution < 1.29 is 18.7 Å². The van der Waals surface area contributed by atoms with E-state index in [1.807, 2.05) is 37.3 Å². The zero-order valence-corrected chi connectivity index (χ0v) is 16.6. The Hall–Kier alpha value is -3.67. The zero-order valence-electron chi connectivity index (χ0n) is 16.6. The maximum Gasteiger partial charge on any atom is 0.261 e. The van der Waals surface area contributed by atoms with Gasteiger partial charge in [-0.1, -0.05) is 48.5 Å². The molecule has 0 bridgehead atoms. The van der Waals surface area contributed by atoms with E-state index >= 15 is 0 Å². The lowest BCUT2D eigenvalue weighted by atomic mass is 9.97. The number of amides is 2. The first-order chi connectivity index (χ1) is 14.5. The van der Waals surface area contributed by atoms with Crippen LogP contribution in [0.2, 0.25) is 0 Å². The van der Waals surface area contributed by atoms with Gasteiger partial charge in [-0.3, -0.25) is 9.59 Å². The molecule has 2 N–H and O–H groups in total. The molecule has 0 aliphatic carbocycles. The van der Waals surface area contributed by atoms with Gasteiger partial charge in [-0.25, -0.2) is 4.39 Å². The number of benzene rings is 3. The Morgan fingerprint density at radius 1 is 0.967 bits per heavy atom. The van der Waals surface area contributed by atoms with Crippen molar-refractivity contribution >= 4 is 11.8 Å². The molecule has 3 rings (SSSR count). The van der Waals surface area contributed by atoms with E-state index < -0.39 is 5.91 Å². The molecule has 0 heterocycles. The van der Waals surface area contributed by atoms with Crippen molar-refractivity contribution in [2.45, 2.75) is 13.0 Å². The van der Waals surface area contributed by atoms with Gasteiger partial charge < -0.3 is 15.4 Å². The van der Waals surface area contributed by atoms with E-state index in [-0.39, 0.29) is 24.4 Å².